The number of nitrogens with one attached hydrogen (secondary N) is 2. The number of amides is 1. The van der Waals surface area contributed by atoms with E-state index in [1.54, 1.807) is 30.2 Å². The normalized spacial score (nSPS) is 15.2. The van der Waals surface area contributed by atoms with E-state index in [9.17, 15) is 18.8 Å². The van der Waals surface area contributed by atoms with Crippen LogP contribution in [0.2, 0.25) is 0 Å². The van der Waals surface area contributed by atoms with Gasteiger partial charge < -0.3 is 14.8 Å². The number of fused-ring (bicyclic) bond motifs is 2. The van der Waals surface area contributed by atoms with Gasteiger partial charge in [-0.25, -0.2) is 23.8 Å². The minimum absolute atomic E-state index is 0.0771. The fraction of sp³-hybridized carbons (Fsp3) is 0.364. The molecule has 2 N–H and O–H groups in total. The maximum atomic E-state index is 14.5. The van der Waals surface area contributed by atoms with E-state index in [-0.39, 0.29) is 23.8 Å². The zero-order chi connectivity index (χ0) is 40.6. The first-order valence-corrected chi connectivity index (χ1v) is 20.5. The largest absolute Gasteiger partial charge is 0.462 e. The van der Waals surface area contributed by atoms with Gasteiger partial charge in [-0.05, 0) is 125 Å². The zero-order valence-corrected chi connectivity index (χ0v) is 33.8. The molecule has 1 aliphatic carbocycles. The van der Waals surface area contributed by atoms with Crippen LogP contribution in [0, 0.1) is 5.82 Å². The molecule has 6 aromatic rings. The summed E-state index contributed by atoms with van der Waals surface area (Å²) in [6.07, 6.45) is 6.52. The molecule has 0 unspecified atom stereocenters. The quantitative estimate of drug-likeness (QED) is 0.121. The zero-order valence-electron chi connectivity index (χ0n) is 32.9. The number of nitrogens with zero attached hydrogens (tertiary/aromatic N) is 4. The molecular weight excluding hydrogens is 760 g/mol. The molecule has 0 spiro atoms. The standard InChI is InChI=1S/C44H45FN6O6S/c1-5-55-41(52)36-35(33-23-29-19-20-46-40(38(29)58-33)47-24-26-11-15-27-8-6-9-28(27)22-26)34(39-49-42(53)57-50-39)31(18-14-25-12-16-30(45)17-13-25)48-37(36)32-10-7-21-51(32)43(54)56-44(2,3)4/h11-13,15-17,19-20,22-23,32H,5-10,14,18,21,24H2,1-4H3,(H,46,47)(H,49,50,53)/t32-/m0/s1. The van der Waals surface area contributed by atoms with Crippen molar-refractivity contribution >= 4 is 39.3 Å². The van der Waals surface area contributed by atoms with Crippen molar-refractivity contribution in [2.75, 3.05) is 18.5 Å². The Labute approximate surface area is 338 Å². The number of hydrogen-bond acceptors (Lipinski definition) is 11. The summed E-state index contributed by atoms with van der Waals surface area (Å²) < 4.78 is 31.5. The van der Waals surface area contributed by atoms with Crippen LogP contribution >= 0.6 is 11.3 Å². The van der Waals surface area contributed by atoms with E-state index >= 15 is 0 Å². The summed E-state index contributed by atoms with van der Waals surface area (Å²) in [6, 6.07) is 16.1. The highest BCUT2D eigenvalue weighted by Gasteiger charge is 2.40. The molecule has 1 saturated heterocycles. The number of carbonyl (C=O) groups is 2. The molecule has 5 heterocycles. The van der Waals surface area contributed by atoms with Crippen LogP contribution in [0.5, 0.6) is 0 Å². The lowest BCUT2D eigenvalue weighted by atomic mass is 9.91. The second-order valence-corrected chi connectivity index (χ2v) is 16.7. The van der Waals surface area contributed by atoms with E-state index in [1.807, 2.05) is 32.9 Å². The van der Waals surface area contributed by atoms with Crippen LogP contribution in [0.15, 0.2) is 70.1 Å². The molecule has 8 rings (SSSR count). The molecule has 14 heteroatoms. The second-order valence-electron chi connectivity index (χ2n) is 15.7. The molecule has 1 amide bonds. The number of aromatic amines is 1. The Kier molecular flexibility index (Phi) is 10.9. The van der Waals surface area contributed by atoms with Gasteiger partial charge in [0.2, 0.25) is 0 Å². The van der Waals surface area contributed by atoms with Crippen molar-refractivity contribution in [1.29, 1.82) is 0 Å². The smallest absolute Gasteiger partial charge is 0.439 e. The first-order chi connectivity index (χ1) is 28.0. The first-order valence-electron chi connectivity index (χ1n) is 19.7. The van der Waals surface area contributed by atoms with Crippen LogP contribution in [0.1, 0.15) is 97.0 Å². The number of hydrogen-bond donors (Lipinski definition) is 2. The van der Waals surface area contributed by atoms with Crippen molar-refractivity contribution in [1.82, 2.24) is 25.0 Å². The number of ether oxygens (including phenoxy) is 2. The number of likely N-dealkylation sites (tertiary alicyclic amines) is 1. The van der Waals surface area contributed by atoms with Crippen molar-refractivity contribution in [2.24, 2.45) is 0 Å². The Hall–Kier alpha value is -5.89. The summed E-state index contributed by atoms with van der Waals surface area (Å²) in [5.41, 5.74) is 5.88. The number of pyridine rings is 2. The van der Waals surface area contributed by atoms with Crippen LogP contribution in [-0.4, -0.2) is 55.8 Å². The van der Waals surface area contributed by atoms with Crippen molar-refractivity contribution in [3.05, 3.63) is 116 Å². The van der Waals surface area contributed by atoms with Crippen LogP contribution in [0.4, 0.5) is 15.0 Å². The lowest BCUT2D eigenvalue weighted by Gasteiger charge is -2.30. The number of aryl methyl sites for hydroxylation is 4. The number of thiophene rings is 1. The van der Waals surface area contributed by atoms with E-state index in [0.29, 0.717) is 72.0 Å². The lowest BCUT2D eigenvalue weighted by molar-refractivity contribution is 0.0217. The van der Waals surface area contributed by atoms with Gasteiger partial charge in [-0.1, -0.05) is 35.5 Å². The van der Waals surface area contributed by atoms with Crippen LogP contribution in [0.25, 0.3) is 31.9 Å². The Morgan fingerprint density at radius 2 is 1.81 bits per heavy atom. The van der Waals surface area contributed by atoms with E-state index in [1.165, 1.54) is 41.0 Å². The predicted octanol–water partition coefficient (Wildman–Crippen LogP) is 8.98. The number of aromatic nitrogens is 4. The highest BCUT2D eigenvalue weighted by Crippen LogP contribution is 2.47. The third kappa shape index (κ3) is 8.11. The Balaban J connectivity index is 1.32. The molecule has 58 heavy (non-hydrogen) atoms. The van der Waals surface area contributed by atoms with Gasteiger partial charge in [0, 0.05) is 29.7 Å². The number of carbonyl (C=O) groups excluding carboxylic acids is 2. The third-order valence-corrected chi connectivity index (χ3v) is 11.7. The highest BCUT2D eigenvalue weighted by atomic mass is 32.1. The van der Waals surface area contributed by atoms with Gasteiger partial charge in [-0.2, -0.15) is 0 Å². The number of halogens is 1. The van der Waals surface area contributed by atoms with E-state index < -0.39 is 29.5 Å². The maximum Gasteiger partial charge on any atom is 0.439 e. The van der Waals surface area contributed by atoms with Gasteiger partial charge in [0.15, 0.2) is 5.82 Å². The highest BCUT2D eigenvalue weighted by molar-refractivity contribution is 7.23. The number of benzene rings is 2. The molecule has 1 atom stereocenters. The molecule has 4 aromatic heterocycles. The average molecular weight is 805 g/mol. The minimum atomic E-state index is -0.780. The van der Waals surface area contributed by atoms with Gasteiger partial charge >= 0.3 is 17.8 Å². The van der Waals surface area contributed by atoms with Gasteiger partial charge in [-0.3, -0.25) is 19.4 Å². The van der Waals surface area contributed by atoms with Gasteiger partial charge in [0.25, 0.3) is 0 Å². The van der Waals surface area contributed by atoms with Crippen LogP contribution in [-0.2, 0) is 41.7 Å². The average Bonchev–Trinajstić information content (AvgIpc) is 4.02. The van der Waals surface area contributed by atoms with Crippen LogP contribution < -0.4 is 11.1 Å². The lowest BCUT2D eigenvalue weighted by Crippen LogP contribution is -2.37. The summed E-state index contributed by atoms with van der Waals surface area (Å²) in [7, 11) is 0. The molecule has 2 aromatic carbocycles. The van der Waals surface area contributed by atoms with Gasteiger partial charge in [-0.15, -0.1) is 11.3 Å². The molecule has 1 fully saturated rings. The Morgan fingerprint density at radius 1 is 1.02 bits per heavy atom. The van der Waals surface area contributed by atoms with Gasteiger partial charge in [0.05, 0.1) is 39.9 Å². The first kappa shape index (κ1) is 39.0. The molecule has 0 radical (unpaired) electrons. The summed E-state index contributed by atoms with van der Waals surface area (Å²) in [6.45, 7) is 8.20. The SMILES string of the molecule is CCOC(=O)c1c([C@@H]2CCCN2C(=O)OC(C)(C)C)nc(CCc2ccc(F)cc2)c(-c2noc(=O)[nH]2)c1-c1cc2ccnc(NCc3ccc4c(c3)CCC4)c2s1. The minimum Gasteiger partial charge on any atom is -0.462 e. The van der Waals surface area contributed by atoms with E-state index in [4.69, 9.17) is 24.0 Å². The summed E-state index contributed by atoms with van der Waals surface area (Å²) in [4.78, 5) is 55.8. The number of anilines is 1. The number of esters is 1. The summed E-state index contributed by atoms with van der Waals surface area (Å²) in [5.74, 6) is -1.01. The van der Waals surface area contributed by atoms with Crippen molar-refractivity contribution in [3.8, 4) is 21.8 Å². The molecule has 300 valence electrons. The van der Waals surface area contributed by atoms with Crippen molar-refractivity contribution < 1.29 is 28.0 Å². The van der Waals surface area contributed by atoms with Crippen LogP contribution in [0.3, 0.4) is 0 Å². The fourth-order valence-electron chi connectivity index (χ4n) is 7.96. The van der Waals surface area contributed by atoms with Crippen molar-refractivity contribution in [3.63, 3.8) is 0 Å². The van der Waals surface area contributed by atoms with E-state index in [2.05, 4.69) is 33.7 Å². The number of rotatable bonds is 11. The Morgan fingerprint density at radius 3 is 2.57 bits per heavy atom. The monoisotopic (exact) mass is 804 g/mol. The topological polar surface area (TPSA) is 153 Å². The maximum absolute atomic E-state index is 14.5. The summed E-state index contributed by atoms with van der Waals surface area (Å²) in [5, 5.41) is 8.55. The fourth-order valence-corrected chi connectivity index (χ4v) is 9.14. The Bertz CT molecular complexity index is 2560. The van der Waals surface area contributed by atoms with E-state index in [0.717, 1.165) is 34.1 Å². The van der Waals surface area contributed by atoms with Crippen molar-refractivity contribution in [2.45, 2.75) is 90.8 Å². The molecule has 2 aliphatic rings. The molecular formula is C44H45FN6O6S. The molecule has 12 nitrogen and oxygen atoms in total. The summed E-state index contributed by atoms with van der Waals surface area (Å²) >= 11 is 1.43. The molecule has 1 aliphatic heterocycles. The predicted molar refractivity (Wildman–Crippen MR) is 219 cm³/mol. The third-order valence-electron chi connectivity index (χ3n) is 10.5. The van der Waals surface area contributed by atoms with Gasteiger partial charge in [0.1, 0.15) is 17.2 Å². The molecule has 0 saturated carbocycles. The molecule has 0 bridgehead atoms. The second kappa shape index (κ2) is 16.2. The number of H-pyrrole nitrogens is 1.